The molecule has 0 saturated heterocycles. The number of hydrogen-bond acceptors (Lipinski definition) is 6. The highest BCUT2D eigenvalue weighted by Crippen LogP contribution is 2.22. The number of hydrogen-bond donors (Lipinski definition) is 3. The van der Waals surface area contributed by atoms with Crippen molar-refractivity contribution in [1.29, 1.82) is 0 Å². The van der Waals surface area contributed by atoms with Crippen molar-refractivity contribution >= 4 is 22.6 Å². The smallest absolute Gasteiger partial charge is 0.290 e. The van der Waals surface area contributed by atoms with E-state index in [9.17, 15) is 19.5 Å². The second kappa shape index (κ2) is 7.16. The Hall–Kier alpha value is -3.88. The van der Waals surface area contributed by atoms with Crippen molar-refractivity contribution in [2.45, 2.75) is 0 Å². The molecule has 9 nitrogen and oxygen atoms in total. The SMILES string of the molecule is COc1ccc(O)c(C(=O)NNC(=O)c2nn(C)c(=O)c3ccccc23)c1. The monoisotopic (exact) mass is 368 g/mol. The number of nitrogens with zero attached hydrogens (tertiary/aromatic N) is 2. The van der Waals surface area contributed by atoms with Gasteiger partial charge in [0, 0.05) is 12.4 Å². The Morgan fingerprint density at radius 2 is 1.74 bits per heavy atom. The lowest BCUT2D eigenvalue weighted by Crippen LogP contribution is -2.42. The molecule has 9 heteroatoms. The van der Waals surface area contributed by atoms with Gasteiger partial charge in [-0.3, -0.25) is 25.2 Å². The summed E-state index contributed by atoms with van der Waals surface area (Å²) in [5.74, 6) is -1.35. The van der Waals surface area contributed by atoms with Gasteiger partial charge in [0.1, 0.15) is 11.5 Å². The fourth-order valence-corrected chi connectivity index (χ4v) is 2.53. The summed E-state index contributed by atoms with van der Waals surface area (Å²) in [4.78, 5) is 36.8. The molecule has 3 aromatic rings. The second-order valence-electron chi connectivity index (χ2n) is 5.61. The van der Waals surface area contributed by atoms with Gasteiger partial charge in [-0.15, -0.1) is 0 Å². The van der Waals surface area contributed by atoms with Crippen LogP contribution >= 0.6 is 0 Å². The minimum atomic E-state index is -0.742. The average Bonchev–Trinajstić information content (AvgIpc) is 2.69. The maximum Gasteiger partial charge on any atom is 0.290 e. The highest BCUT2D eigenvalue weighted by molar-refractivity contribution is 6.06. The van der Waals surface area contributed by atoms with E-state index in [1.54, 1.807) is 24.3 Å². The summed E-state index contributed by atoms with van der Waals surface area (Å²) in [6.45, 7) is 0. The van der Waals surface area contributed by atoms with E-state index in [0.29, 0.717) is 16.5 Å². The van der Waals surface area contributed by atoms with E-state index in [2.05, 4.69) is 16.0 Å². The minimum absolute atomic E-state index is 0.0251. The van der Waals surface area contributed by atoms with E-state index in [-0.39, 0.29) is 22.6 Å². The number of carbonyl (C=O) groups excluding carboxylic acids is 2. The molecule has 1 heterocycles. The molecule has 3 rings (SSSR count). The summed E-state index contributed by atoms with van der Waals surface area (Å²) in [7, 11) is 2.85. The van der Waals surface area contributed by atoms with Crippen molar-refractivity contribution in [2.75, 3.05) is 7.11 Å². The van der Waals surface area contributed by atoms with E-state index in [1.165, 1.54) is 32.4 Å². The third-order valence-electron chi connectivity index (χ3n) is 3.91. The molecule has 0 bridgehead atoms. The lowest BCUT2D eigenvalue weighted by atomic mass is 10.1. The molecule has 0 aliphatic rings. The zero-order valence-electron chi connectivity index (χ0n) is 14.5. The average molecular weight is 368 g/mol. The molecule has 0 unspecified atom stereocenters. The fraction of sp³-hybridized carbons (Fsp3) is 0.111. The molecule has 0 atom stereocenters. The van der Waals surface area contributed by atoms with Crippen molar-refractivity contribution in [3.05, 3.63) is 64.1 Å². The van der Waals surface area contributed by atoms with Gasteiger partial charge in [0.2, 0.25) is 0 Å². The van der Waals surface area contributed by atoms with Gasteiger partial charge >= 0.3 is 0 Å². The summed E-state index contributed by atoms with van der Waals surface area (Å²) in [6, 6.07) is 10.7. The van der Waals surface area contributed by atoms with E-state index >= 15 is 0 Å². The minimum Gasteiger partial charge on any atom is -0.507 e. The largest absolute Gasteiger partial charge is 0.507 e. The third-order valence-corrected chi connectivity index (χ3v) is 3.91. The van der Waals surface area contributed by atoms with Crippen LogP contribution in [0.1, 0.15) is 20.8 Å². The molecule has 3 N–H and O–H groups in total. The molecule has 0 fully saturated rings. The van der Waals surface area contributed by atoms with Crippen LogP contribution in [0.25, 0.3) is 10.8 Å². The van der Waals surface area contributed by atoms with Gasteiger partial charge in [0.15, 0.2) is 5.69 Å². The van der Waals surface area contributed by atoms with E-state index in [0.717, 1.165) is 4.68 Å². The molecule has 0 saturated carbocycles. The summed E-state index contributed by atoms with van der Waals surface area (Å²) in [6.07, 6.45) is 0. The summed E-state index contributed by atoms with van der Waals surface area (Å²) < 4.78 is 6.06. The number of aromatic hydroxyl groups is 1. The van der Waals surface area contributed by atoms with Gasteiger partial charge < -0.3 is 9.84 Å². The number of phenolic OH excluding ortho intramolecular Hbond substituents is 1. The number of aryl methyl sites for hydroxylation is 1. The maximum absolute atomic E-state index is 12.5. The Kier molecular flexibility index (Phi) is 4.75. The van der Waals surface area contributed by atoms with Crippen molar-refractivity contribution in [3.8, 4) is 11.5 Å². The Bertz CT molecular complexity index is 1110. The molecule has 0 spiro atoms. The number of aromatic nitrogens is 2. The topological polar surface area (TPSA) is 123 Å². The van der Waals surface area contributed by atoms with E-state index < -0.39 is 11.8 Å². The van der Waals surface area contributed by atoms with Crippen LogP contribution in [0.15, 0.2) is 47.3 Å². The van der Waals surface area contributed by atoms with Crippen LogP contribution in [0.5, 0.6) is 11.5 Å². The van der Waals surface area contributed by atoms with Gasteiger partial charge in [-0.25, -0.2) is 4.68 Å². The molecule has 138 valence electrons. The van der Waals surface area contributed by atoms with Crippen LogP contribution in [0, 0.1) is 0 Å². The first-order valence-electron chi connectivity index (χ1n) is 7.86. The molecular formula is C18H16N4O5. The number of hydrazine groups is 1. The standard InChI is InChI=1S/C18H16N4O5/c1-22-18(26)12-6-4-3-5-11(12)15(21-22)17(25)20-19-16(24)13-9-10(27-2)7-8-14(13)23/h3-9,23H,1-2H3,(H,19,24)(H,20,25). The number of amides is 2. The molecule has 0 radical (unpaired) electrons. The van der Waals surface area contributed by atoms with Gasteiger partial charge in [-0.1, -0.05) is 18.2 Å². The van der Waals surface area contributed by atoms with Gasteiger partial charge in [0.25, 0.3) is 17.4 Å². The Balaban J connectivity index is 1.85. The lowest BCUT2D eigenvalue weighted by molar-refractivity contribution is 0.0842. The number of methoxy groups -OCH3 is 1. The molecular weight excluding hydrogens is 352 g/mol. The van der Waals surface area contributed by atoms with Gasteiger partial charge in [-0.05, 0) is 24.3 Å². The van der Waals surface area contributed by atoms with Crippen LogP contribution in [0.2, 0.25) is 0 Å². The number of carbonyl (C=O) groups is 2. The highest BCUT2D eigenvalue weighted by Gasteiger charge is 2.18. The summed E-state index contributed by atoms with van der Waals surface area (Å²) >= 11 is 0. The van der Waals surface area contributed by atoms with Crippen LogP contribution in [-0.4, -0.2) is 33.8 Å². The van der Waals surface area contributed by atoms with Crippen LogP contribution in [-0.2, 0) is 7.05 Å². The summed E-state index contributed by atoms with van der Waals surface area (Å²) in [5, 5.41) is 14.5. The number of fused-ring (bicyclic) bond motifs is 1. The van der Waals surface area contributed by atoms with E-state index in [1.807, 2.05) is 0 Å². The summed E-state index contributed by atoms with van der Waals surface area (Å²) in [5.41, 5.74) is 4.00. The predicted molar refractivity (Wildman–Crippen MR) is 96.6 cm³/mol. The van der Waals surface area contributed by atoms with Crippen molar-refractivity contribution in [1.82, 2.24) is 20.6 Å². The lowest BCUT2D eigenvalue weighted by Gasteiger charge is -2.11. The van der Waals surface area contributed by atoms with Gasteiger partial charge in [0.05, 0.1) is 18.1 Å². The zero-order valence-corrected chi connectivity index (χ0v) is 14.5. The normalized spacial score (nSPS) is 10.4. The van der Waals surface area contributed by atoms with Crippen molar-refractivity contribution < 1.29 is 19.4 Å². The first-order valence-corrected chi connectivity index (χ1v) is 7.86. The molecule has 2 amide bonds. The fourth-order valence-electron chi connectivity index (χ4n) is 2.53. The Morgan fingerprint density at radius 1 is 1.07 bits per heavy atom. The highest BCUT2D eigenvalue weighted by atomic mass is 16.5. The second-order valence-corrected chi connectivity index (χ2v) is 5.61. The molecule has 1 aromatic heterocycles. The van der Waals surface area contributed by atoms with Crippen LogP contribution < -0.4 is 21.1 Å². The van der Waals surface area contributed by atoms with E-state index in [4.69, 9.17) is 4.74 Å². The molecule has 27 heavy (non-hydrogen) atoms. The number of nitrogens with one attached hydrogen (secondary N) is 2. The number of phenols is 1. The number of ether oxygens (including phenoxy) is 1. The number of rotatable bonds is 3. The van der Waals surface area contributed by atoms with Crippen LogP contribution in [0.3, 0.4) is 0 Å². The maximum atomic E-state index is 12.5. The first kappa shape index (κ1) is 17.9. The predicted octanol–water partition coefficient (Wildman–Crippen LogP) is 0.722. The molecule has 0 aliphatic heterocycles. The van der Waals surface area contributed by atoms with Crippen molar-refractivity contribution in [2.24, 2.45) is 7.05 Å². The number of benzene rings is 2. The Labute approximate surface area is 153 Å². The van der Waals surface area contributed by atoms with Crippen molar-refractivity contribution in [3.63, 3.8) is 0 Å². The Morgan fingerprint density at radius 3 is 2.44 bits per heavy atom. The zero-order chi connectivity index (χ0) is 19.6. The quantitative estimate of drug-likeness (QED) is 0.586. The van der Waals surface area contributed by atoms with Gasteiger partial charge in [-0.2, -0.15) is 5.10 Å². The molecule has 0 aliphatic carbocycles. The first-order chi connectivity index (χ1) is 12.9. The molecule has 2 aromatic carbocycles. The third kappa shape index (κ3) is 3.43. The van der Waals surface area contributed by atoms with Crippen LogP contribution in [0.4, 0.5) is 0 Å².